The number of rotatable bonds is 3. The number of aliphatic hydroxyl groups excluding tert-OH is 1. The summed E-state index contributed by atoms with van der Waals surface area (Å²) in [5.74, 6) is -1.13. The Morgan fingerprint density at radius 2 is 2.33 bits per heavy atom. The van der Waals surface area contributed by atoms with Crippen LogP contribution in [0.2, 0.25) is 0 Å². The molecule has 0 fully saturated rings. The van der Waals surface area contributed by atoms with Crippen molar-refractivity contribution in [3.8, 4) is 0 Å². The van der Waals surface area contributed by atoms with Crippen LogP contribution in [0.3, 0.4) is 0 Å². The summed E-state index contributed by atoms with van der Waals surface area (Å²) in [7, 11) is 1.37. The number of aliphatic hydroxyl groups is 1. The zero-order chi connectivity index (χ0) is 7.44. The van der Waals surface area contributed by atoms with Gasteiger partial charge in [0.25, 0.3) is 0 Å². The summed E-state index contributed by atoms with van der Waals surface area (Å²) in [6, 6.07) is -1.01. The molecule has 0 aromatic carbocycles. The van der Waals surface area contributed by atoms with Crippen LogP contribution in [0.25, 0.3) is 0 Å². The van der Waals surface area contributed by atoms with Crippen LogP contribution in [-0.4, -0.2) is 40.3 Å². The summed E-state index contributed by atoms with van der Waals surface area (Å²) in [6.07, 6.45) is 0. The van der Waals surface area contributed by atoms with Crippen molar-refractivity contribution in [3.05, 3.63) is 0 Å². The highest BCUT2D eigenvalue weighted by atomic mass is 35.5. The number of carbonyl (C=O) groups is 1. The van der Waals surface area contributed by atoms with Gasteiger partial charge in [0.05, 0.1) is 6.61 Å². The average Bonchev–Trinajstić information content (AvgIpc) is 1.64. The number of hydrogen-bond donors (Lipinski definition) is 2. The summed E-state index contributed by atoms with van der Waals surface area (Å²) in [4.78, 5) is 10.1. The van der Waals surface area contributed by atoms with Crippen LogP contribution in [-0.2, 0) is 4.79 Å². The second-order valence-electron chi connectivity index (χ2n) is 1.56. The minimum Gasteiger partial charge on any atom is -0.480 e. The molecule has 1 unspecified atom stereocenters. The van der Waals surface area contributed by atoms with Crippen molar-refractivity contribution in [1.82, 2.24) is 4.42 Å². The topological polar surface area (TPSA) is 60.8 Å². The molecule has 0 aliphatic rings. The van der Waals surface area contributed by atoms with E-state index in [4.69, 9.17) is 22.0 Å². The Kier molecular flexibility index (Phi) is 3.53. The van der Waals surface area contributed by atoms with Crippen LogP contribution in [0.1, 0.15) is 0 Å². The predicted molar refractivity (Wildman–Crippen MR) is 32.1 cm³/mol. The molecule has 1 atom stereocenters. The molecule has 0 aromatic rings. The van der Waals surface area contributed by atoms with Crippen molar-refractivity contribution in [3.63, 3.8) is 0 Å². The van der Waals surface area contributed by atoms with Crippen molar-refractivity contribution in [2.75, 3.05) is 13.7 Å². The maximum absolute atomic E-state index is 10.1. The van der Waals surface area contributed by atoms with Gasteiger partial charge < -0.3 is 10.2 Å². The molecular weight excluding hydrogens is 146 g/mol. The second kappa shape index (κ2) is 3.66. The lowest BCUT2D eigenvalue weighted by molar-refractivity contribution is -0.142. The smallest absolute Gasteiger partial charge is 0.324 e. The largest absolute Gasteiger partial charge is 0.480 e. The maximum atomic E-state index is 10.1. The van der Waals surface area contributed by atoms with Crippen LogP contribution >= 0.6 is 11.8 Å². The van der Waals surface area contributed by atoms with Gasteiger partial charge in [0, 0.05) is 7.05 Å². The fourth-order valence-electron chi connectivity index (χ4n) is 0.343. The fraction of sp³-hybridized carbons (Fsp3) is 0.750. The summed E-state index contributed by atoms with van der Waals surface area (Å²) >= 11 is 5.23. The van der Waals surface area contributed by atoms with Gasteiger partial charge in [-0.1, -0.05) is 0 Å². The van der Waals surface area contributed by atoms with Gasteiger partial charge in [-0.3, -0.25) is 4.79 Å². The summed E-state index contributed by atoms with van der Waals surface area (Å²) in [6.45, 7) is -0.477. The van der Waals surface area contributed by atoms with Gasteiger partial charge in [0.1, 0.15) is 6.04 Å². The molecular formula is C4H8ClNO3. The van der Waals surface area contributed by atoms with E-state index >= 15 is 0 Å². The van der Waals surface area contributed by atoms with Gasteiger partial charge in [-0.2, -0.15) is 0 Å². The summed E-state index contributed by atoms with van der Waals surface area (Å²) in [5, 5.41) is 16.6. The minimum absolute atomic E-state index is 0.477. The molecule has 0 rings (SSSR count). The first-order valence-corrected chi connectivity index (χ1v) is 2.65. The molecule has 2 N–H and O–H groups in total. The molecule has 0 heterocycles. The van der Waals surface area contributed by atoms with Crippen molar-refractivity contribution >= 4 is 17.7 Å². The third kappa shape index (κ3) is 2.64. The number of likely N-dealkylation sites (N-methyl/N-ethyl adjacent to an activating group) is 1. The SMILES string of the molecule is CN(Cl)C(CO)C(=O)O. The lowest BCUT2D eigenvalue weighted by Gasteiger charge is -2.13. The number of aliphatic carboxylic acids is 1. The van der Waals surface area contributed by atoms with E-state index in [9.17, 15) is 4.79 Å². The molecule has 4 nitrogen and oxygen atoms in total. The summed E-state index contributed by atoms with van der Waals surface area (Å²) in [5.41, 5.74) is 0. The molecule has 0 amide bonds. The zero-order valence-corrected chi connectivity index (χ0v) is 5.67. The molecule has 0 saturated carbocycles. The highest BCUT2D eigenvalue weighted by Crippen LogP contribution is 1.97. The van der Waals surface area contributed by atoms with Crippen LogP contribution in [0.4, 0.5) is 0 Å². The highest BCUT2D eigenvalue weighted by molar-refractivity contribution is 6.14. The third-order valence-corrected chi connectivity index (χ3v) is 1.12. The second-order valence-corrected chi connectivity index (χ2v) is 2.09. The van der Waals surface area contributed by atoms with E-state index in [2.05, 4.69) is 0 Å². The molecule has 54 valence electrons. The van der Waals surface area contributed by atoms with Crippen LogP contribution in [0.5, 0.6) is 0 Å². The van der Waals surface area contributed by atoms with E-state index in [0.29, 0.717) is 0 Å². The Balaban J connectivity index is 3.83. The van der Waals surface area contributed by atoms with E-state index < -0.39 is 18.6 Å². The van der Waals surface area contributed by atoms with E-state index in [1.54, 1.807) is 0 Å². The average molecular weight is 154 g/mol. The number of nitrogens with zero attached hydrogens (tertiary/aromatic N) is 1. The predicted octanol–water partition coefficient (Wildman–Crippen LogP) is -0.482. The van der Waals surface area contributed by atoms with Gasteiger partial charge in [-0.05, 0) is 11.8 Å². The van der Waals surface area contributed by atoms with Gasteiger partial charge in [-0.25, -0.2) is 4.42 Å². The first-order valence-electron chi connectivity index (χ1n) is 2.32. The standard InChI is InChI=1S/C4H8ClNO3/c1-6(5)3(2-7)4(8)9/h3,7H,2H2,1H3,(H,8,9). The number of halogens is 1. The quantitative estimate of drug-likeness (QED) is 0.538. The van der Waals surface area contributed by atoms with Gasteiger partial charge >= 0.3 is 5.97 Å². The first-order chi connectivity index (χ1) is 4.09. The molecule has 0 aromatic heterocycles. The highest BCUT2D eigenvalue weighted by Gasteiger charge is 2.19. The van der Waals surface area contributed by atoms with Crippen LogP contribution in [0.15, 0.2) is 0 Å². The molecule has 0 spiro atoms. The molecule has 0 bridgehead atoms. The van der Waals surface area contributed by atoms with Crippen molar-refractivity contribution in [1.29, 1.82) is 0 Å². The van der Waals surface area contributed by atoms with Crippen molar-refractivity contribution < 1.29 is 15.0 Å². The fourth-order valence-corrected chi connectivity index (χ4v) is 0.488. The Bertz CT molecular complexity index is 106. The zero-order valence-electron chi connectivity index (χ0n) is 4.91. The molecule has 0 radical (unpaired) electrons. The monoisotopic (exact) mass is 153 g/mol. The number of carboxylic acids is 1. The Labute approximate surface area is 57.8 Å². The van der Waals surface area contributed by atoms with Crippen LogP contribution < -0.4 is 0 Å². The van der Waals surface area contributed by atoms with Gasteiger partial charge in [0.15, 0.2) is 0 Å². The van der Waals surface area contributed by atoms with E-state index in [1.807, 2.05) is 0 Å². The van der Waals surface area contributed by atoms with Crippen molar-refractivity contribution in [2.45, 2.75) is 6.04 Å². The molecule has 9 heavy (non-hydrogen) atoms. The molecule has 5 heteroatoms. The minimum atomic E-state index is -1.13. The van der Waals surface area contributed by atoms with E-state index in [0.717, 1.165) is 4.42 Å². The lowest BCUT2D eigenvalue weighted by Crippen LogP contribution is -2.35. The normalized spacial score (nSPS) is 13.8. The maximum Gasteiger partial charge on any atom is 0.324 e. The third-order valence-electron chi connectivity index (χ3n) is 0.887. The van der Waals surface area contributed by atoms with Crippen LogP contribution in [0, 0.1) is 0 Å². The van der Waals surface area contributed by atoms with E-state index in [1.165, 1.54) is 7.05 Å². The van der Waals surface area contributed by atoms with Gasteiger partial charge in [-0.15, -0.1) is 0 Å². The first kappa shape index (κ1) is 8.68. The Morgan fingerprint density at radius 3 is 2.33 bits per heavy atom. The van der Waals surface area contributed by atoms with E-state index in [-0.39, 0.29) is 0 Å². The molecule has 0 aliphatic carbocycles. The number of carboxylic acid groups (broad SMARTS) is 1. The molecule has 0 saturated heterocycles. The number of hydrogen-bond acceptors (Lipinski definition) is 3. The van der Waals surface area contributed by atoms with Gasteiger partial charge in [0.2, 0.25) is 0 Å². The lowest BCUT2D eigenvalue weighted by atomic mass is 10.3. The summed E-state index contributed by atoms with van der Waals surface area (Å²) < 4.78 is 0.919. The van der Waals surface area contributed by atoms with Crippen molar-refractivity contribution in [2.24, 2.45) is 0 Å². The Hall–Kier alpha value is -0.320. The molecule has 0 aliphatic heterocycles. The Morgan fingerprint density at radius 1 is 1.89 bits per heavy atom.